The van der Waals surface area contributed by atoms with Crippen molar-refractivity contribution in [2.45, 2.75) is 0 Å². The van der Waals surface area contributed by atoms with Crippen molar-refractivity contribution < 1.29 is 9.59 Å². The van der Waals surface area contributed by atoms with Gasteiger partial charge in [0.15, 0.2) is 0 Å². The summed E-state index contributed by atoms with van der Waals surface area (Å²) >= 11 is 10.7. The molecule has 0 atom stereocenters. The molecular weight excluding hydrogens is 400 g/mol. The van der Waals surface area contributed by atoms with Gasteiger partial charge in [-0.3, -0.25) is 9.59 Å². The van der Waals surface area contributed by atoms with Crippen LogP contribution in [0.4, 0.5) is 5.69 Å². The average molecular weight is 414 g/mol. The van der Waals surface area contributed by atoms with E-state index in [1.807, 2.05) is 12.1 Å². The minimum absolute atomic E-state index is 0.0278. The highest BCUT2D eigenvalue weighted by Gasteiger charge is 2.10. The Balaban J connectivity index is 1.86. The van der Waals surface area contributed by atoms with Gasteiger partial charge in [-0.15, -0.1) is 11.3 Å². The third-order valence-electron chi connectivity index (χ3n) is 2.87. The fourth-order valence-electron chi connectivity index (χ4n) is 1.73. The number of nitrogens with one attached hydrogen (secondary N) is 1. The lowest BCUT2D eigenvalue weighted by molar-refractivity contribution is -0.129. The SMILES string of the molecule is CN(CC(=O)Nc1ccc(Cl)cc1)C(=O)/C=C/c1ccc(Br)s1. The van der Waals surface area contributed by atoms with E-state index < -0.39 is 0 Å². The molecule has 0 radical (unpaired) electrons. The first-order valence-electron chi connectivity index (χ1n) is 6.68. The summed E-state index contributed by atoms with van der Waals surface area (Å²) in [4.78, 5) is 26.2. The van der Waals surface area contributed by atoms with Crippen LogP contribution in [0.15, 0.2) is 46.3 Å². The van der Waals surface area contributed by atoms with Crippen LogP contribution in [-0.4, -0.2) is 30.3 Å². The molecule has 120 valence electrons. The highest BCUT2D eigenvalue weighted by Crippen LogP contribution is 2.23. The van der Waals surface area contributed by atoms with Gasteiger partial charge in [0.05, 0.1) is 10.3 Å². The van der Waals surface area contributed by atoms with E-state index in [1.54, 1.807) is 37.4 Å². The number of amides is 2. The van der Waals surface area contributed by atoms with Crippen LogP contribution in [0.2, 0.25) is 5.02 Å². The van der Waals surface area contributed by atoms with Crippen LogP contribution in [0.5, 0.6) is 0 Å². The molecule has 1 aromatic carbocycles. The highest BCUT2D eigenvalue weighted by molar-refractivity contribution is 9.11. The summed E-state index contributed by atoms with van der Waals surface area (Å²) in [7, 11) is 1.58. The third-order valence-corrected chi connectivity index (χ3v) is 4.71. The molecule has 0 saturated heterocycles. The summed E-state index contributed by atoms with van der Waals surface area (Å²) in [6.07, 6.45) is 3.18. The average Bonchev–Trinajstić information content (AvgIpc) is 2.92. The van der Waals surface area contributed by atoms with Gasteiger partial charge in [0.1, 0.15) is 0 Å². The number of carbonyl (C=O) groups is 2. The van der Waals surface area contributed by atoms with Crippen molar-refractivity contribution >= 4 is 62.4 Å². The van der Waals surface area contributed by atoms with Gasteiger partial charge in [-0.1, -0.05) is 11.6 Å². The van der Waals surface area contributed by atoms with Crippen molar-refractivity contribution in [1.29, 1.82) is 0 Å². The quantitative estimate of drug-likeness (QED) is 0.744. The van der Waals surface area contributed by atoms with E-state index in [9.17, 15) is 9.59 Å². The first-order valence-corrected chi connectivity index (χ1v) is 8.67. The highest BCUT2D eigenvalue weighted by atomic mass is 79.9. The molecular formula is C16H14BrClN2O2S. The zero-order valence-electron chi connectivity index (χ0n) is 12.3. The molecule has 23 heavy (non-hydrogen) atoms. The van der Waals surface area contributed by atoms with Gasteiger partial charge < -0.3 is 10.2 Å². The normalized spacial score (nSPS) is 10.7. The molecule has 0 spiro atoms. The molecule has 2 aromatic rings. The summed E-state index contributed by atoms with van der Waals surface area (Å²) in [5.74, 6) is -0.504. The predicted molar refractivity (Wildman–Crippen MR) is 98.8 cm³/mol. The fourth-order valence-corrected chi connectivity index (χ4v) is 3.18. The number of halogens is 2. The maximum atomic E-state index is 12.0. The van der Waals surface area contributed by atoms with Crippen molar-refractivity contribution in [3.05, 3.63) is 56.2 Å². The lowest BCUT2D eigenvalue weighted by Gasteiger charge is -2.14. The van der Waals surface area contributed by atoms with Gasteiger partial charge in [-0.05, 0) is 58.4 Å². The molecule has 0 bridgehead atoms. The summed E-state index contributed by atoms with van der Waals surface area (Å²) in [6, 6.07) is 10.6. The van der Waals surface area contributed by atoms with E-state index in [0.717, 1.165) is 8.66 Å². The number of hydrogen-bond acceptors (Lipinski definition) is 3. The third kappa shape index (κ3) is 5.82. The molecule has 0 aliphatic carbocycles. The van der Waals surface area contributed by atoms with Crippen molar-refractivity contribution in [1.82, 2.24) is 4.90 Å². The van der Waals surface area contributed by atoms with Crippen molar-refractivity contribution in [2.24, 2.45) is 0 Å². The molecule has 1 heterocycles. The Bertz CT molecular complexity index is 728. The van der Waals surface area contributed by atoms with Gasteiger partial charge in [0, 0.05) is 28.7 Å². The van der Waals surface area contributed by atoms with Crippen LogP contribution in [0.25, 0.3) is 6.08 Å². The molecule has 0 unspecified atom stereocenters. The molecule has 0 aliphatic rings. The lowest BCUT2D eigenvalue weighted by Crippen LogP contribution is -2.33. The van der Waals surface area contributed by atoms with E-state index in [-0.39, 0.29) is 18.4 Å². The minimum atomic E-state index is -0.268. The van der Waals surface area contributed by atoms with Crippen molar-refractivity contribution in [3.8, 4) is 0 Å². The van der Waals surface area contributed by atoms with Gasteiger partial charge >= 0.3 is 0 Å². The summed E-state index contributed by atoms with van der Waals surface area (Å²) in [5, 5.41) is 3.31. The topological polar surface area (TPSA) is 49.4 Å². The van der Waals surface area contributed by atoms with Crippen LogP contribution in [-0.2, 0) is 9.59 Å². The Kier molecular flexibility index (Phi) is 6.38. The van der Waals surface area contributed by atoms with Crippen LogP contribution in [0, 0.1) is 0 Å². The number of nitrogens with zero attached hydrogens (tertiary/aromatic N) is 1. The van der Waals surface area contributed by atoms with Gasteiger partial charge in [0.2, 0.25) is 11.8 Å². The van der Waals surface area contributed by atoms with Gasteiger partial charge in [-0.25, -0.2) is 0 Å². The monoisotopic (exact) mass is 412 g/mol. The Labute approximate surface area is 151 Å². The van der Waals surface area contributed by atoms with Crippen molar-refractivity contribution in [2.75, 3.05) is 18.9 Å². The second-order valence-corrected chi connectivity index (χ2v) is 7.66. The van der Waals surface area contributed by atoms with Gasteiger partial charge in [-0.2, -0.15) is 0 Å². The van der Waals surface area contributed by atoms with Crippen LogP contribution >= 0.6 is 38.9 Å². The van der Waals surface area contributed by atoms with E-state index >= 15 is 0 Å². The summed E-state index contributed by atoms with van der Waals surface area (Å²) in [5.41, 5.74) is 0.638. The van der Waals surface area contributed by atoms with E-state index in [4.69, 9.17) is 11.6 Å². The maximum absolute atomic E-state index is 12.0. The first-order chi connectivity index (χ1) is 10.9. The zero-order valence-corrected chi connectivity index (χ0v) is 15.4. The minimum Gasteiger partial charge on any atom is -0.333 e. The van der Waals surface area contributed by atoms with E-state index in [2.05, 4.69) is 21.2 Å². The van der Waals surface area contributed by atoms with Crippen LogP contribution < -0.4 is 5.32 Å². The molecule has 2 amide bonds. The molecule has 1 N–H and O–H groups in total. The molecule has 2 rings (SSSR count). The zero-order chi connectivity index (χ0) is 16.8. The number of thiophene rings is 1. The Morgan fingerprint density at radius 2 is 1.96 bits per heavy atom. The number of anilines is 1. The number of likely N-dealkylation sites (N-methyl/N-ethyl adjacent to an activating group) is 1. The Hall–Kier alpha value is -1.63. The van der Waals surface area contributed by atoms with E-state index in [1.165, 1.54) is 22.3 Å². The van der Waals surface area contributed by atoms with E-state index in [0.29, 0.717) is 10.7 Å². The molecule has 4 nitrogen and oxygen atoms in total. The number of rotatable bonds is 5. The molecule has 0 aliphatic heterocycles. The van der Waals surface area contributed by atoms with Crippen LogP contribution in [0.3, 0.4) is 0 Å². The van der Waals surface area contributed by atoms with Crippen LogP contribution in [0.1, 0.15) is 4.88 Å². The Morgan fingerprint density at radius 3 is 2.57 bits per heavy atom. The predicted octanol–water partition coefficient (Wildman–Crippen LogP) is 4.27. The molecule has 0 saturated carbocycles. The standard InChI is InChI=1S/C16H14BrClN2O2S/c1-20(16(22)9-7-13-6-8-14(17)23-13)10-15(21)19-12-4-2-11(18)3-5-12/h2-9H,10H2,1H3,(H,19,21)/b9-7+. The fraction of sp³-hybridized carbons (Fsp3) is 0.125. The second-order valence-electron chi connectivity index (χ2n) is 4.72. The van der Waals surface area contributed by atoms with Crippen molar-refractivity contribution in [3.63, 3.8) is 0 Å². The number of benzene rings is 1. The molecule has 7 heteroatoms. The lowest BCUT2D eigenvalue weighted by atomic mass is 10.3. The second kappa shape index (κ2) is 8.29. The Morgan fingerprint density at radius 1 is 1.26 bits per heavy atom. The van der Waals surface area contributed by atoms with Gasteiger partial charge in [0.25, 0.3) is 0 Å². The first kappa shape index (κ1) is 17.7. The maximum Gasteiger partial charge on any atom is 0.246 e. The smallest absolute Gasteiger partial charge is 0.246 e. The molecule has 0 fully saturated rings. The number of carbonyl (C=O) groups excluding carboxylic acids is 2. The molecule has 1 aromatic heterocycles. The summed E-state index contributed by atoms with van der Waals surface area (Å²) in [6.45, 7) is -0.0278. The number of hydrogen-bond donors (Lipinski definition) is 1. The summed E-state index contributed by atoms with van der Waals surface area (Å²) < 4.78 is 1.00. The largest absolute Gasteiger partial charge is 0.333 e.